The Kier molecular flexibility index (Phi) is 5.44. The second-order valence-electron chi connectivity index (χ2n) is 7.02. The van der Waals surface area contributed by atoms with Crippen LogP contribution in [0.2, 0.25) is 0 Å². The van der Waals surface area contributed by atoms with Crippen molar-refractivity contribution >= 4 is 31.4 Å². The highest BCUT2D eigenvalue weighted by Gasteiger charge is 2.30. The molecule has 31 heavy (non-hydrogen) atoms. The van der Waals surface area contributed by atoms with Crippen molar-refractivity contribution in [3.63, 3.8) is 0 Å². The van der Waals surface area contributed by atoms with Crippen molar-refractivity contribution in [3.8, 4) is 0 Å². The van der Waals surface area contributed by atoms with E-state index in [1.807, 2.05) is 0 Å². The van der Waals surface area contributed by atoms with Crippen LogP contribution in [0, 0.1) is 11.6 Å². The molecule has 0 spiro atoms. The number of nitrogens with one attached hydrogen (secondary N) is 1. The lowest BCUT2D eigenvalue weighted by Crippen LogP contribution is -2.35. The van der Waals surface area contributed by atoms with Gasteiger partial charge in [-0.05, 0) is 54.8 Å². The van der Waals surface area contributed by atoms with Gasteiger partial charge in [-0.15, -0.1) is 0 Å². The minimum Gasteiger partial charge on any atom is -0.279 e. The Balaban J connectivity index is 1.71. The van der Waals surface area contributed by atoms with Crippen molar-refractivity contribution in [3.05, 3.63) is 83.9 Å². The summed E-state index contributed by atoms with van der Waals surface area (Å²) in [4.78, 5) is -0.581. The number of nitrogens with zero attached hydrogens (tertiary/aromatic N) is 1. The van der Waals surface area contributed by atoms with E-state index in [-0.39, 0.29) is 17.1 Å². The number of aryl methyl sites for hydroxylation is 1. The van der Waals surface area contributed by atoms with E-state index in [9.17, 15) is 25.6 Å². The predicted molar refractivity (Wildman–Crippen MR) is 113 cm³/mol. The monoisotopic (exact) mass is 464 g/mol. The van der Waals surface area contributed by atoms with Gasteiger partial charge in [-0.2, -0.15) is 0 Å². The van der Waals surface area contributed by atoms with E-state index in [0.717, 1.165) is 17.7 Å². The Morgan fingerprint density at radius 3 is 2.32 bits per heavy atom. The first kappa shape index (κ1) is 21.3. The molecule has 0 radical (unpaired) electrons. The number of sulfonamides is 2. The SMILES string of the molecule is O=S(=O)(Nc1ccc2c(c1)N(S(=O)(=O)c1ccccc1)CCC2)c1ccc(F)cc1F. The summed E-state index contributed by atoms with van der Waals surface area (Å²) >= 11 is 0. The number of hydrogen-bond acceptors (Lipinski definition) is 4. The highest BCUT2D eigenvalue weighted by atomic mass is 32.2. The molecule has 0 aliphatic carbocycles. The summed E-state index contributed by atoms with van der Waals surface area (Å²) in [5.41, 5.74) is 1.18. The van der Waals surface area contributed by atoms with Crippen molar-refractivity contribution < 1.29 is 25.6 Å². The molecule has 1 heterocycles. The molecule has 4 rings (SSSR count). The van der Waals surface area contributed by atoms with Crippen molar-refractivity contribution in [1.29, 1.82) is 0 Å². The number of hydrogen-bond donors (Lipinski definition) is 1. The fourth-order valence-electron chi connectivity index (χ4n) is 3.48. The zero-order chi connectivity index (χ0) is 22.2. The predicted octanol–water partition coefficient (Wildman–Crippen LogP) is 3.91. The first-order valence-electron chi connectivity index (χ1n) is 9.37. The standard InChI is InChI=1S/C21H18F2N2O4S2/c22-16-9-11-21(19(23)13-16)30(26,27)24-17-10-8-15-5-4-12-25(20(15)14-17)31(28,29)18-6-2-1-3-7-18/h1-3,6-11,13-14,24H,4-5,12H2. The number of halogens is 2. The quantitative estimate of drug-likeness (QED) is 0.621. The van der Waals surface area contributed by atoms with E-state index in [2.05, 4.69) is 4.72 Å². The molecule has 0 bridgehead atoms. The van der Waals surface area contributed by atoms with Gasteiger partial charge in [-0.1, -0.05) is 24.3 Å². The summed E-state index contributed by atoms with van der Waals surface area (Å²) in [7, 11) is -8.20. The van der Waals surface area contributed by atoms with Crippen LogP contribution in [0.1, 0.15) is 12.0 Å². The fraction of sp³-hybridized carbons (Fsp3) is 0.143. The first-order valence-corrected chi connectivity index (χ1v) is 12.3. The summed E-state index contributed by atoms with van der Waals surface area (Å²) < 4.78 is 82.1. The van der Waals surface area contributed by atoms with Crippen LogP contribution in [0.5, 0.6) is 0 Å². The van der Waals surface area contributed by atoms with Crippen LogP contribution < -0.4 is 9.03 Å². The molecule has 0 saturated heterocycles. The average Bonchev–Trinajstić information content (AvgIpc) is 2.73. The van der Waals surface area contributed by atoms with Gasteiger partial charge in [0.1, 0.15) is 16.5 Å². The van der Waals surface area contributed by atoms with Gasteiger partial charge in [-0.25, -0.2) is 25.6 Å². The van der Waals surface area contributed by atoms with Crippen LogP contribution >= 0.6 is 0 Å². The summed E-state index contributed by atoms with van der Waals surface area (Å²) in [6.45, 7) is 0.243. The largest absolute Gasteiger partial charge is 0.279 e. The maximum absolute atomic E-state index is 14.0. The minimum atomic E-state index is -4.35. The molecular weight excluding hydrogens is 446 g/mol. The summed E-state index contributed by atoms with van der Waals surface area (Å²) in [6, 6.07) is 14.6. The van der Waals surface area contributed by atoms with E-state index >= 15 is 0 Å². The Labute approximate surface area is 179 Å². The Hall–Kier alpha value is -2.98. The molecule has 0 fully saturated rings. The Morgan fingerprint density at radius 1 is 0.871 bits per heavy atom. The van der Waals surface area contributed by atoms with Gasteiger partial charge < -0.3 is 0 Å². The lowest BCUT2D eigenvalue weighted by Gasteiger charge is -2.31. The van der Waals surface area contributed by atoms with Gasteiger partial charge in [0.15, 0.2) is 0 Å². The van der Waals surface area contributed by atoms with Gasteiger partial charge >= 0.3 is 0 Å². The maximum Gasteiger partial charge on any atom is 0.264 e. The fourth-order valence-corrected chi connectivity index (χ4v) is 6.14. The number of benzene rings is 3. The molecule has 10 heteroatoms. The molecule has 0 unspecified atom stereocenters. The third-order valence-electron chi connectivity index (χ3n) is 4.93. The lowest BCUT2D eigenvalue weighted by atomic mass is 10.0. The van der Waals surface area contributed by atoms with Gasteiger partial charge in [0, 0.05) is 12.6 Å². The second-order valence-corrected chi connectivity index (χ2v) is 10.5. The van der Waals surface area contributed by atoms with Crippen LogP contribution in [-0.4, -0.2) is 23.4 Å². The van der Waals surface area contributed by atoms with Crippen molar-refractivity contribution in [2.45, 2.75) is 22.6 Å². The molecule has 3 aromatic rings. The number of fused-ring (bicyclic) bond motifs is 1. The molecule has 0 atom stereocenters. The molecule has 0 amide bonds. The lowest BCUT2D eigenvalue weighted by molar-refractivity contribution is 0.551. The van der Waals surface area contributed by atoms with Crippen molar-refractivity contribution in [1.82, 2.24) is 0 Å². The van der Waals surface area contributed by atoms with Crippen LogP contribution in [0.25, 0.3) is 0 Å². The first-order chi connectivity index (χ1) is 14.7. The highest BCUT2D eigenvalue weighted by Crippen LogP contribution is 2.34. The zero-order valence-electron chi connectivity index (χ0n) is 16.1. The third-order valence-corrected chi connectivity index (χ3v) is 8.17. The maximum atomic E-state index is 14.0. The molecule has 162 valence electrons. The molecular formula is C21H18F2N2O4S2. The van der Waals surface area contributed by atoms with E-state index in [4.69, 9.17) is 0 Å². The number of anilines is 2. The van der Waals surface area contributed by atoms with E-state index in [1.54, 1.807) is 24.3 Å². The van der Waals surface area contributed by atoms with E-state index in [1.165, 1.54) is 28.6 Å². The highest BCUT2D eigenvalue weighted by molar-refractivity contribution is 7.93. The van der Waals surface area contributed by atoms with Crippen molar-refractivity contribution in [2.75, 3.05) is 15.6 Å². The summed E-state index contributed by atoms with van der Waals surface area (Å²) in [6.07, 6.45) is 1.25. The zero-order valence-corrected chi connectivity index (χ0v) is 17.8. The van der Waals surface area contributed by atoms with E-state index < -0.39 is 36.6 Å². The molecule has 0 aromatic heterocycles. The van der Waals surface area contributed by atoms with Crippen LogP contribution in [0.15, 0.2) is 76.5 Å². The third kappa shape index (κ3) is 4.13. The van der Waals surface area contributed by atoms with Gasteiger partial charge in [-0.3, -0.25) is 9.03 Å². The molecule has 0 saturated carbocycles. The second kappa shape index (κ2) is 7.93. The van der Waals surface area contributed by atoms with Crippen LogP contribution in [-0.2, 0) is 26.5 Å². The topological polar surface area (TPSA) is 83.6 Å². The Bertz CT molecular complexity index is 1350. The normalized spacial score (nSPS) is 14.2. The molecule has 1 aliphatic heterocycles. The average molecular weight is 465 g/mol. The molecule has 6 nitrogen and oxygen atoms in total. The summed E-state index contributed by atoms with van der Waals surface area (Å²) in [5, 5.41) is 0. The molecule has 1 aliphatic rings. The number of rotatable bonds is 5. The van der Waals surface area contributed by atoms with Crippen LogP contribution in [0.3, 0.4) is 0 Å². The van der Waals surface area contributed by atoms with Gasteiger partial charge in [0.05, 0.1) is 16.3 Å². The van der Waals surface area contributed by atoms with Crippen LogP contribution in [0.4, 0.5) is 20.2 Å². The molecule has 1 N–H and O–H groups in total. The minimum absolute atomic E-state index is 0.0673. The van der Waals surface area contributed by atoms with E-state index in [0.29, 0.717) is 24.6 Å². The van der Waals surface area contributed by atoms with Gasteiger partial charge in [0.25, 0.3) is 20.0 Å². The van der Waals surface area contributed by atoms with Crippen molar-refractivity contribution in [2.24, 2.45) is 0 Å². The Morgan fingerprint density at radius 2 is 1.61 bits per heavy atom. The smallest absolute Gasteiger partial charge is 0.264 e. The van der Waals surface area contributed by atoms with Gasteiger partial charge in [0.2, 0.25) is 0 Å². The molecule has 3 aromatic carbocycles. The summed E-state index contributed by atoms with van der Waals surface area (Å²) in [5.74, 6) is -2.12.